The van der Waals surface area contributed by atoms with Crippen molar-refractivity contribution in [3.63, 3.8) is 0 Å². The van der Waals surface area contributed by atoms with E-state index in [0.29, 0.717) is 27.7 Å². The molecule has 10 nitrogen and oxygen atoms in total. The van der Waals surface area contributed by atoms with Crippen molar-refractivity contribution in [2.75, 3.05) is 17.2 Å². The third-order valence-electron chi connectivity index (χ3n) is 5.13. The van der Waals surface area contributed by atoms with Gasteiger partial charge in [-0.2, -0.15) is 0 Å². The average Bonchev–Trinajstić information content (AvgIpc) is 2.94. The van der Waals surface area contributed by atoms with Crippen LogP contribution in [0.3, 0.4) is 0 Å². The lowest BCUT2D eigenvalue weighted by atomic mass is 10.1. The van der Waals surface area contributed by atoms with Gasteiger partial charge in [0, 0.05) is 22.4 Å². The van der Waals surface area contributed by atoms with E-state index in [1.54, 1.807) is 54.7 Å². The largest absolute Gasteiger partial charge is 0.391 e. The van der Waals surface area contributed by atoms with Crippen LogP contribution in [-0.2, 0) is 9.59 Å². The molecule has 0 bridgehead atoms. The summed E-state index contributed by atoms with van der Waals surface area (Å²) in [6.07, 6.45) is 0.332. The third-order valence-corrected chi connectivity index (χ3v) is 5.36. The molecular formula is C28H24ClN5O5. The Labute approximate surface area is 229 Å². The van der Waals surface area contributed by atoms with Gasteiger partial charge < -0.3 is 21.1 Å². The molecule has 1 aromatic heterocycles. The van der Waals surface area contributed by atoms with E-state index in [1.807, 2.05) is 0 Å². The highest BCUT2D eigenvalue weighted by molar-refractivity contribution is 6.29. The molecule has 198 valence electrons. The number of aliphatic hydroxyl groups excluding tert-OH is 1. The lowest BCUT2D eigenvalue weighted by Crippen LogP contribution is -2.51. The van der Waals surface area contributed by atoms with Crippen LogP contribution in [-0.4, -0.2) is 51.7 Å². The lowest BCUT2D eigenvalue weighted by molar-refractivity contribution is -0.133. The van der Waals surface area contributed by atoms with Crippen molar-refractivity contribution < 1.29 is 24.7 Å². The first kappa shape index (κ1) is 28.7. The summed E-state index contributed by atoms with van der Waals surface area (Å²) in [6, 6.07) is 15.3. The van der Waals surface area contributed by atoms with Gasteiger partial charge in [0.25, 0.3) is 11.8 Å². The van der Waals surface area contributed by atoms with Crippen molar-refractivity contribution in [3.8, 4) is 23.7 Å². The van der Waals surface area contributed by atoms with Crippen LogP contribution in [0.15, 0.2) is 66.9 Å². The monoisotopic (exact) mass is 545 g/mol. The lowest BCUT2D eigenvalue weighted by Gasteiger charge is -2.19. The van der Waals surface area contributed by atoms with E-state index in [0.717, 1.165) is 0 Å². The zero-order valence-corrected chi connectivity index (χ0v) is 21.4. The molecule has 2 atom stereocenters. The minimum absolute atomic E-state index is 0.0648. The van der Waals surface area contributed by atoms with Gasteiger partial charge in [-0.15, -0.1) is 0 Å². The fraction of sp³-hybridized carbons (Fsp3) is 0.143. The summed E-state index contributed by atoms with van der Waals surface area (Å²) in [5.74, 6) is 9.51. The maximum absolute atomic E-state index is 12.3. The summed E-state index contributed by atoms with van der Waals surface area (Å²) >= 11 is 5.74. The molecule has 0 spiro atoms. The standard InChI is InChI=1S/C28H24ClN5O5/c1-18(35)26(28(38)34-39)33-27(37)21-10-6-19(7-11-21)4-2-3-5-20-8-12-22(13-9-20)32-25(36)17-30-23-14-15-24(29)31-16-23/h6-16,18,26,30,35,39H,17H2,1H3,(H,32,36)(H,33,37)(H,34,38). The number of halogens is 1. The van der Waals surface area contributed by atoms with Gasteiger partial charge in [0.2, 0.25) is 5.91 Å². The van der Waals surface area contributed by atoms with Gasteiger partial charge in [-0.25, -0.2) is 10.5 Å². The minimum Gasteiger partial charge on any atom is -0.391 e. The number of carbonyl (C=O) groups is 3. The van der Waals surface area contributed by atoms with Crippen molar-refractivity contribution in [1.29, 1.82) is 0 Å². The van der Waals surface area contributed by atoms with Crippen LogP contribution in [0.25, 0.3) is 0 Å². The smallest absolute Gasteiger partial charge is 0.268 e. The Hall–Kier alpha value is -4.87. The van der Waals surface area contributed by atoms with Gasteiger partial charge in [0.1, 0.15) is 11.2 Å². The number of nitrogens with one attached hydrogen (secondary N) is 4. The third kappa shape index (κ3) is 9.18. The predicted octanol–water partition coefficient (Wildman–Crippen LogP) is 2.17. The molecule has 0 radical (unpaired) electrons. The molecule has 0 fully saturated rings. The number of aromatic nitrogens is 1. The maximum Gasteiger partial charge on any atom is 0.268 e. The Morgan fingerprint density at radius 3 is 2.05 bits per heavy atom. The van der Waals surface area contributed by atoms with Crippen LogP contribution in [0.1, 0.15) is 28.4 Å². The van der Waals surface area contributed by atoms with Crippen molar-refractivity contribution >= 4 is 40.7 Å². The first-order valence-corrected chi connectivity index (χ1v) is 11.9. The first-order valence-electron chi connectivity index (χ1n) is 11.6. The SMILES string of the molecule is CC(O)C(NC(=O)c1ccc(C#CC#Cc2ccc(NC(=O)CNc3ccc(Cl)nc3)cc2)cc1)C(=O)NO. The van der Waals surface area contributed by atoms with Crippen molar-refractivity contribution in [1.82, 2.24) is 15.8 Å². The number of amides is 3. The van der Waals surface area contributed by atoms with E-state index < -0.39 is 24.0 Å². The van der Waals surface area contributed by atoms with Gasteiger partial charge in [-0.1, -0.05) is 23.4 Å². The summed E-state index contributed by atoms with van der Waals surface area (Å²) < 4.78 is 0. The highest BCUT2D eigenvalue weighted by Gasteiger charge is 2.25. The van der Waals surface area contributed by atoms with Crippen LogP contribution < -0.4 is 21.4 Å². The minimum atomic E-state index is -1.31. The molecule has 2 aromatic carbocycles. The van der Waals surface area contributed by atoms with Crippen LogP contribution in [0.5, 0.6) is 0 Å². The van der Waals surface area contributed by atoms with Crippen molar-refractivity contribution in [2.45, 2.75) is 19.1 Å². The second-order valence-corrected chi connectivity index (χ2v) is 8.48. The zero-order chi connectivity index (χ0) is 28.2. The number of benzene rings is 2. The zero-order valence-electron chi connectivity index (χ0n) is 20.7. The van der Waals surface area contributed by atoms with Crippen molar-refractivity contribution in [2.24, 2.45) is 0 Å². The highest BCUT2D eigenvalue weighted by atomic mass is 35.5. The van der Waals surface area contributed by atoms with Gasteiger partial charge >= 0.3 is 0 Å². The molecule has 0 saturated carbocycles. The second kappa shape index (κ2) is 14.2. The number of pyridine rings is 1. The van der Waals surface area contributed by atoms with Crippen LogP contribution >= 0.6 is 11.6 Å². The number of anilines is 2. The number of hydrogen-bond acceptors (Lipinski definition) is 7. The molecule has 3 amide bonds. The number of rotatable bonds is 8. The fourth-order valence-electron chi connectivity index (χ4n) is 3.12. The van der Waals surface area contributed by atoms with E-state index >= 15 is 0 Å². The summed E-state index contributed by atoms with van der Waals surface area (Å²) in [4.78, 5) is 40.0. The molecule has 6 N–H and O–H groups in total. The van der Waals surface area contributed by atoms with Crippen molar-refractivity contribution in [3.05, 3.63) is 88.7 Å². The number of carbonyl (C=O) groups excluding carboxylic acids is 3. The van der Waals surface area contributed by atoms with Crippen LogP contribution in [0.4, 0.5) is 11.4 Å². The van der Waals surface area contributed by atoms with Crippen LogP contribution in [0, 0.1) is 23.7 Å². The molecule has 3 aromatic rings. The molecule has 0 aliphatic carbocycles. The van der Waals surface area contributed by atoms with Gasteiger partial charge in [0.15, 0.2) is 0 Å². The Balaban J connectivity index is 1.50. The topological polar surface area (TPSA) is 153 Å². The quantitative estimate of drug-likeness (QED) is 0.110. The van der Waals surface area contributed by atoms with E-state index in [2.05, 4.69) is 44.6 Å². The van der Waals surface area contributed by atoms with Crippen LogP contribution in [0.2, 0.25) is 5.15 Å². The molecule has 39 heavy (non-hydrogen) atoms. The molecule has 0 aliphatic heterocycles. The Morgan fingerprint density at radius 2 is 1.51 bits per heavy atom. The summed E-state index contributed by atoms with van der Waals surface area (Å²) in [5, 5.41) is 26.8. The molecule has 0 saturated heterocycles. The maximum atomic E-state index is 12.3. The van der Waals surface area contributed by atoms with E-state index in [-0.39, 0.29) is 18.0 Å². The molecule has 1 heterocycles. The fourth-order valence-corrected chi connectivity index (χ4v) is 3.23. The Bertz CT molecular complexity index is 1430. The second-order valence-electron chi connectivity index (χ2n) is 8.09. The number of hydroxylamine groups is 1. The summed E-state index contributed by atoms with van der Waals surface area (Å²) in [5.41, 5.74) is 4.27. The number of aliphatic hydroxyl groups is 1. The van der Waals surface area contributed by atoms with Gasteiger partial charge in [-0.3, -0.25) is 19.6 Å². The Kier molecular flexibility index (Phi) is 10.4. The predicted molar refractivity (Wildman–Crippen MR) is 146 cm³/mol. The molecule has 11 heteroatoms. The molecular weight excluding hydrogens is 522 g/mol. The molecule has 2 unspecified atom stereocenters. The molecule has 0 aliphatic rings. The number of nitrogens with zero attached hydrogens (tertiary/aromatic N) is 1. The van der Waals surface area contributed by atoms with E-state index in [9.17, 15) is 19.5 Å². The Morgan fingerprint density at radius 1 is 0.923 bits per heavy atom. The normalized spacial score (nSPS) is 11.4. The first-order chi connectivity index (χ1) is 18.7. The van der Waals surface area contributed by atoms with E-state index in [4.69, 9.17) is 16.8 Å². The summed E-state index contributed by atoms with van der Waals surface area (Å²) in [7, 11) is 0. The van der Waals surface area contributed by atoms with Gasteiger partial charge in [0.05, 0.1) is 24.5 Å². The number of hydrogen-bond donors (Lipinski definition) is 6. The van der Waals surface area contributed by atoms with Gasteiger partial charge in [-0.05, 0) is 79.4 Å². The summed E-state index contributed by atoms with van der Waals surface area (Å²) in [6.45, 7) is 1.38. The van der Waals surface area contributed by atoms with E-state index in [1.165, 1.54) is 24.5 Å². The average molecular weight is 546 g/mol. The molecule has 3 rings (SSSR count). The highest BCUT2D eigenvalue weighted by Crippen LogP contribution is 2.11.